The van der Waals surface area contributed by atoms with E-state index in [0.29, 0.717) is 24.1 Å². The molecule has 5 heteroatoms. The Balaban J connectivity index is 1.80. The Morgan fingerprint density at radius 1 is 1.06 bits per heavy atom. The van der Waals surface area contributed by atoms with Crippen LogP contribution in [0.4, 0.5) is 10.1 Å². The fourth-order valence-corrected chi connectivity index (χ4v) is 4.74. The highest BCUT2D eigenvalue weighted by molar-refractivity contribution is 6.13. The summed E-state index contributed by atoms with van der Waals surface area (Å²) in [5.41, 5.74) is 4.29. The number of carbonyl (C=O) groups excluding carboxylic acids is 2. The predicted molar refractivity (Wildman–Crippen MR) is 121 cm³/mol. The number of aliphatic imine (C=N–C) groups is 1. The van der Waals surface area contributed by atoms with Crippen LogP contribution in [-0.4, -0.2) is 17.4 Å². The molecule has 4 nitrogen and oxygen atoms in total. The molecule has 2 aromatic rings. The highest BCUT2D eigenvalue weighted by Gasteiger charge is 2.45. The fraction of sp³-hybridized carbons (Fsp3) is 0.346. The molecule has 1 N–H and O–H groups in total. The minimum Gasteiger partial charge on any atom is -0.325 e. The molecule has 2 atom stereocenters. The van der Waals surface area contributed by atoms with Crippen molar-refractivity contribution in [1.29, 1.82) is 0 Å². The van der Waals surface area contributed by atoms with Gasteiger partial charge in [0.15, 0.2) is 5.78 Å². The van der Waals surface area contributed by atoms with Gasteiger partial charge in [-0.15, -0.1) is 0 Å². The van der Waals surface area contributed by atoms with Gasteiger partial charge in [0.05, 0.1) is 5.92 Å². The van der Waals surface area contributed by atoms with Crippen LogP contribution in [-0.2, 0) is 9.59 Å². The van der Waals surface area contributed by atoms with E-state index in [1.165, 1.54) is 12.1 Å². The molecule has 1 heterocycles. The number of nitrogens with one attached hydrogen (secondary N) is 1. The van der Waals surface area contributed by atoms with Crippen LogP contribution in [0.15, 0.2) is 64.8 Å². The number of anilines is 1. The number of Topliss-reactive ketones (excluding diaryl/α,β-unsaturated/α-hetero) is 1. The maximum absolute atomic E-state index is 13.6. The van der Waals surface area contributed by atoms with Gasteiger partial charge < -0.3 is 5.32 Å². The molecule has 0 fully saturated rings. The van der Waals surface area contributed by atoms with E-state index in [1.807, 2.05) is 38.1 Å². The number of hydrogen-bond donors (Lipinski definition) is 1. The zero-order valence-corrected chi connectivity index (χ0v) is 18.3. The van der Waals surface area contributed by atoms with E-state index >= 15 is 0 Å². The normalized spacial score (nSPS) is 22.6. The topological polar surface area (TPSA) is 58.5 Å². The molecule has 2 aromatic carbocycles. The molecule has 0 radical (unpaired) electrons. The molecule has 31 heavy (non-hydrogen) atoms. The van der Waals surface area contributed by atoms with E-state index in [-0.39, 0.29) is 22.9 Å². The largest absolute Gasteiger partial charge is 0.325 e. The number of rotatable bonds is 3. The summed E-state index contributed by atoms with van der Waals surface area (Å²) >= 11 is 0. The Hall–Kier alpha value is -3.08. The van der Waals surface area contributed by atoms with Crippen molar-refractivity contribution in [2.24, 2.45) is 16.3 Å². The summed E-state index contributed by atoms with van der Waals surface area (Å²) in [6.07, 6.45) is 1.08. The minimum atomic E-state index is -0.644. The number of hydrogen-bond acceptors (Lipinski definition) is 3. The van der Waals surface area contributed by atoms with E-state index in [4.69, 9.17) is 4.99 Å². The van der Waals surface area contributed by atoms with Gasteiger partial charge in [-0.25, -0.2) is 4.39 Å². The smallest absolute Gasteiger partial charge is 0.234 e. The van der Waals surface area contributed by atoms with Crippen molar-refractivity contribution in [3.8, 4) is 0 Å². The standard InChI is InChI=1S/C26H27FN2O2/c1-15-7-5-6-8-19(15)29-25(31)22-16(2)28-20-13-26(3,4)14-21(30)24(20)23(22)17-9-11-18(27)12-10-17/h5-12,22-23H,13-14H2,1-4H3,(H,29,31)/t22?,23-/m1/s1. The van der Waals surface area contributed by atoms with Crippen molar-refractivity contribution >= 4 is 23.1 Å². The second kappa shape index (κ2) is 7.88. The van der Waals surface area contributed by atoms with Gasteiger partial charge in [0, 0.05) is 35.0 Å². The van der Waals surface area contributed by atoms with Gasteiger partial charge in [-0.3, -0.25) is 14.6 Å². The summed E-state index contributed by atoms with van der Waals surface area (Å²) in [6.45, 7) is 7.89. The Morgan fingerprint density at radius 3 is 2.42 bits per heavy atom. The molecule has 160 valence electrons. The number of aryl methyl sites for hydroxylation is 1. The van der Waals surface area contributed by atoms with E-state index in [2.05, 4.69) is 19.2 Å². The van der Waals surface area contributed by atoms with Crippen molar-refractivity contribution in [2.75, 3.05) is 5.32 Å². The van der Waals surface area contributed by atoms with Crippen LogP contribution in [0.2, 0.25) is 0 Å². The van der Waals surface area contributed by atoms with Gasteiger partial charge in [-0.1, -0.05) is 44.2 Å². The number of para-hydroxylation sites is 1. The third kappa shape index (κ3) is 4.09. The first-order valence-electron chi connectivity index (χ1n) is 10.6. The quantitative estimate of drug-likeness (QED) is 0.706. The molecule has 0 spiro atoms. The Kier molecular flexibility index (Phi) is 5.38. The number of halogens is 1. The van der Waals surface area contributed by atoms with E-state index in [9.17, 15) is 14.0 Å². The van der Waals surface area contributed by atoms with Crippen molar-refractivity contribution in [3.05, 3.63) is 76.7 Å². The van der Waals surface area contributed by atoms with Crippen LogP contribution >= 0.6 is 0 Å². The second-order valence-corrected chi connectivity index (χ2v) is 9.37. The second-order valence-electron chi connectivity index (χ2n) is 9.37. The van der Waals surface area contributed by atoms with Gasteiger partial charge in [-0.2, -0.15) is 0 Å². The minimum absolute atomic E-state index is 0.0190. The Bertz CT molecular complexity index is 1110. The number of carbonyl (C=O) groups is 2. The molecule has 1 aliphatic carbocycles. The molecule has 0 saturated heterocycles. The highest BCUT2D eigenvalue weighted by Crippen LogP contribution is 2.47. The number of amides is 1. The number of nitrogens with zero attached hydrogens (tertiary/aromatic N) is 1. The van der Waals surface area contributed by atoms with Crippen LogP contribution in [0, 0.1) is 24.1 Å². The van der Waals surface area contributed by atoms with Gasteiger partial charge in [-0.05, 0) is 55.0 Å². The lowest BCUT2D eigenvalue weighted by Gasteiger charge is -2.39. The molecule has 4 rings (SSSR count). The monoisotopic (exact) mass is 418 g/mol. The lowest BCUT2D eigenvalue weighted by atomic mass is 9.66. The van der Waals surface area contributed by atoms with Crippen molar-refractivity contribution in [3.63, 3.8) is 0 Å². The van der Waals surface area contributed by atoms with Gasteiger partial charge >= 0.3 is 0 Å². The predicted octanol–water partition coefficient (Wildman–Crippen LogP) is 5.59. The first kappa shape index (κ1) is 21.2. The molecular formula is C26H27FN2O2. The average molecular weight is 419 g/mol. The molecule has 1 amide bonds. The highest BCUT2D eigenvalue weighted by atomic mass is 19.1. The third-order valence-corrected chi connectivity index (χ3v) is 6.22. The van der Waals surface area contributed by atoms with Crippen molar-refractivity contribution in [2.45, 2.75) is 46.5 Å². The summed E-state index contributed by atoms with van der Waals surface area (Å²) in [5, 5.41) is 3.02. The lowest BCUT2D eigenvalue weighted by molar-refractivity contribution is -0.119. The Labute approximate surface area is 182 Å². The van der Waals surface area contributed by atoms with Gasteiger partial charge in [0.1, 0.15) is 5.82 Å². The van der Waals surface area contributed by atoms with Crippen molar-refractivity contribution in [1.82, 2.24) is 0 Å². The third-order valence-electron chi connectivity index (χ3n) is 6.22. The summed E-state index contributed by atoms with van der Waals surface area (Å²) in [4.78, 5) is 31.5. The first-order chi connectivity index (χ1) is 14.7. The average Bonchev–Trinajstić information content (AvgIpc) is 2.68. The number of ketones is 1. The zero-order chi connectivity index (χ0) is 22.3. The maximum Gasteiger partial charge on any atom is 0.234 e. The van der Waals surface area contributed by atoms with Gasteiger partial charge in [0.2, 0.25) is 5.91 Å². The van der Waals surface area contributed by atoms with E-state index in [1.54, 1.807) is 12.1 Å². The SMILES string of the molecule is CC1=NC2=C(C(=O)CC(C)(C)C2)[C@H](c2ccc(F)cc2)C1C(=O)Nc1ccccc1C. The lowest BCUT2D eigenvalue weighted by Crippen LogP contribution is -2.41. The molecule has 0 bridgehead atoms. The number of benzene rings is 2. The zero-order valence-electron chi connectivity index (χ0n) is 18.3. The van der Waals surface area contributed by atoms with Crippen LogP contribution in [0.25, 0.3) is 0 Å². The number of allylic oxidation sites excluding steroid dienone is 2. The van der Waals surface area contributed by atoms with Crippen LogP contribution < -0.4 is 5.32 Å². The molecule has 2 aliphatic rings. The van der Waals surface area contributed by atoms with Crippen LogP contribution in [0.5, 0.6) is 0 Å². The summed E-state index contributed by atoms with van der Waals surface area (Å²) in [7, 11) is 0. The van der Waals surface area contributed by atoms with Gasteiger partial charge in [0.25, 0.3) is 0 Å². The first-order valence-corrected chi connectivity index (χ1v) is 10.6. The van der Waals surface area contributed by atoms with E-state index in [0.717, 1.165) is 22.5 Å². The Morgan fingerprint density at radius 2 is 1.74 bits per heavy atom. The summed E-state index contributed by atoms with van der Waals surface area (Å²) in [6, 6.07) is 13.7. The van der Waals surface area contributed by atoms with Crippen LogP contribution in [0.3, 0.4) is 0 Å². The molecular weight excluding hydrogens is 391 g/mol. The molecule has 0 aromatic heterocycles. The maximum atomic E-state index is 13.6. The van der Waals surface area contributed by atoms with E-state index < -0.39 is 11.8 Å². The summed E-state index contributed by atoms with van der Waals surface area (Å²) in [5.74, 6) is -1.68. The summed E-state index contributed by atoms with van der Waals surface area (Å²) < 4.78 is 13.6. The molecule has 1 aliphatic heterocycles. The van der Waals surface area contributed by atoms with Crippen molar-refractivity contribution < 1.29 is 14.0 Å². The molecule has 0 saturated carbocycles. The fourth-order valence-electron chi connectivity index (χ4n) is 4.74. The molecule has 1 unspecified atom stereocenters. The van der Waals surface area contributed by atoms with Crippen LogP contribution in [0.1, 0.15) is 50.7 Å².